The zero-order chi connectivity index (χ0) is 15.7. The first-order chi connectivity index (χ1) is 10.1. The van der Waals surface area contributed by atoms with Gasteiger partial charge in [0, 0.05) is 12.6 Å². The van der Waals surface area contributed by atoms with E-state index in [9.17, 15) is 9.90 Å². The average Bonchev–Trinajstić information content (AvgIpc) is 2.48. The zero-order valence-corrected chi connectivity index (χ0v) is 12.4. The second-order valence-corrected chi connectivity index (χ2v) is 4.42. The number of hydrogen-bond acceptors (Lipinski definition) is 5. The van der Waals surface area contributed by atoms with E-state index in [1.54, 1.807) is 31.2 Å². The van der Waals surface area contributed by atoms with Crippen LogP contribution < -0.4 is 0 Å². The maximum Gasteiger partial charge on any atom is 0.343 e. The molecule has 114 valence electrons. The molecule has 0 spiro atoms. The molecule has 5 nitrogen and oxygen atoms in total. The quantitative estimate of drug-likeness (QED) is 0.350. The van der Waals surface area contributed by atoms with Gasteiger partial charge in [0.15, 0.2) is 0 Å². The van der Waals surface area contributed by atoms with Gasteiger partial charge in [-0.15, -0.1) is 0 Å². The van der Waals surface area contributed by atoms with E-state index in [1.807, 2.05) is 6.92 Å². The fraction of sp³-hybridized carbons (Fsp3) is 0.375. The number of hydrogen-bond donors (Lipinski definition) is 2. The number of rotatable bonds is 7. The van der Waals surface area contributed by atoms with E-state index in [4.69, 9.17) is 9.84 Å². The molecule has 0 saturated carbocycles. The Morgan fingerprint density at radius 1 is 1.38 bits per heavy atom. The van der Waals surface area contributed by atoms with Crippen LogP contribution in [0.25, 0.3) is 0 Å². The van der Waals surface area contributed by atoms with Crippen LogP contribution in [-0.2, 0) is 16.1 Å². The molecule has 0 radical (unpaired) electrons. The predicted molar refractivity (Wildman–Crippen MR) is 81.7 cm³/mol. The maximum absolute atomic E-state index is 11.8. The van der Waals surface area contributed by atoms with Crippen LogP contribution in [0, 0.1) is 0 Å². The third-order valence-electron chi connectivity index (χ3n) is 2.73. The van der Waals surface area contributed by atoms with Gasteiger partial charge < -0.3 is 14.9 Å². The first-order valence-corrected chi connectivity index (χ1v) is 6.95. The number of allylic oxidation sites excluding steroid dienone is 1. The molecule has 2 N–H and O–H groups in total. The molecule has 1 rings (SSSR count). The van der Waals surface area contributed by atoms with Crippen molar-refractivity contribution in [3.05, 3.63) is 41.2 Å². The summed E-state index contributed by atoms with van der Waals surface area (Å²) in [5, 5.41) is 19.0. The molecule has 0 aliphatic carbocycles. The summed E-state index contributed by atoms with van der Waals surface area (Å²) in [6.07, 6.45) is 2.40. The number of aliphatic imine (C=N–C) groups is 1. The van der Waals surface area contributed by atoms with E-state index in [2.05, 4.69) is 4.99 Å². The van der Waals surface area contributed by atoms with Crippen molar-refractivity contribution in [2.24, 2.45) is 4.99 Å². The molecule has 0 bridgehead atoms. The SMILES string of the molecule is CCC/C(O)=C(\C=Nc1cccc(CO)c1)C(=O)OCC. The molecule has 21 heavy (non-hydrogen) atoms. The largest absolute Gasteiger partial charge is 0.511 e. The van der Waals surface area contributed by atoms with Crippen molar-refractivity contribution in [3.63, 3.8) is 0 Å². The zero-order valence-electron chi connectivity index (χ0n) is 12.4. The first-order valence-electron chi connectivity index (χ1n) is 6.95. The third kappa shape index (κ3) is 5.39. The predicted octanol–water partition coefficient (Wildman–Crippen LogP) is 3.06. The molecule has 0 atom stereocenters. The summed E-state index contributed by atoms with van der Waals surface area (Å²) < 4.78 is 4.92. The van der Waals surface area contributed by atoms with Gasteiger partial charge in [0.2, 0.25) is 0 Å². The Kier molecular flexibility index (Phi) is 7.18. The average molecular weight is 291 g/mol. The number of esters is 1. The maximum atomic E-state index is 11.8. The van der Waals surface area contributed by atoms with Crippen LogP contribution >= 0.6 is 0 Å². The molecular weight excluding hydrogens is 270 g/mol. The topological polar surface area (TPSA) is 79.1 Å². The van der Waals surface area contributed by atoms with E-state index in [-0.39, 0.29) is 24.5 Å². The fourth-order valence-corrected chi connectivity index (χ4v) is 1.70. The second-order valence-electron chi connectivity index (χ2n) is 4.42. The molecule has 1 aromatic rings. The highest BCUT2D eigenvalue weighted by molar-refractivity contribution is 6.10. The molecule has 0 heterocycles. The van der Waals surface area contributed by atoms with Crippen LogP contribution in [-0.4, -0.2) is 29.0 Å². The lowest BCUT2D eigenvalue weighted by molar-refractivity contribution is -0.138. The van der Waals surface area contributed by atoms with Crippen molar-refractivity contribution in [2.75, 3.05) is 6.61 Å². The molecule has 0 unspecified atom stereocenters. The van der Waals surface area contributed by atoms with Crippen LogP contribution in [0.3, 0.4) is 0 Å². The van der Waals surface area contributed by atoms with Gasteiger partial charge in [0.1, 0.15) is 11.3 Å². The lowest BCUT2D eigenvalue weighted by Gasteiger charge is -2.05. The van der Waals surface area contributed by atoms with Crippen LogP contribution in [0.2, 0.25) is 0 Å². The van der Waals surface area contributed by atoms with Crippen molar-refractivity contribution in [3.8, 4) is 0 Å². The van der Waals surface area contributed by atoms with Crippen molar-refractivity contribution in [1.29, 1.82) is 0 Å². The van der Waals surface area contributed by atoms with Crippen LogP contribution in [0.4, 0.5) is 5.69 Å². The van der Waals surface area contributed by atoms with Crippen molar-refractivity contribution < 1.29 is 19.7 Å². The number of carbonyl (C=O) groups excluding carboxylic acids is 1. The summed E-state index contributed by atoms with van der Waals surface area (Å²) in [7, 11) is 0. The van der Waals surface area contributed by atoms with E-state index in [0.29, 0.717) is 18.5 Å². The minimum absolute atomic E-state index is 0.0296. The van der Waals surface area contributed by atoms with Crippen LogP contribution in [0.1, 0.15) is 32.3 Å². The number of nitrogens with zero attached hydrogens (tertiary/aromatic N) is 1. The summed E-state index contributed by atoms with van der Waals surface area (Å²) >= 11 is 0. The highest BCUT2D eigenvalue weighted by atomic mass is 16.5. The van der Waals surface area contributed by atoms with Gasteiger partial charge in [-0.1, -0.05) is 19.1 Å². The highest BCUT2D eigenvalue weighted by Gasteiger charge is 2.14. The molecule has 0 aromatic heterocycles. The third-order valence-corrected chi connectivity index (χ3v) is 2.73. The highest BCUT2D eigenvalue weighted by Crippen LogP contribution is 2.16. The van der Waals surface area contributed by atoms with Gasteiger partial charge in [-0.05, 0) is 31.0 Å². The summed E-state index contributed by atoms with van der Waals surface area (Å²) in [5.41, 5.74) is 1.38. The van der Waals surface area contributed by atoms with Gasteiger partial charge in [0.05, 0.1) is 18.9 Å². The normalized spacial score (nSPS) is 12.3. The molecule has 0 saturated heterocycles. The molecule has 0 amide bonds. The second kappa shape index (κ2) is 8.92. The van der Waals surface area contributed by atoms with E-state index in [1.165, 1.54) is 6.21 Å². The molecule has 0 aliphatic rings. The summed E-state index contributed by atoms with van der Waals surface area (Å²) in [4.78, 5) is 16.0. The van der Waals surface area contributed by atoms with E-state index >= 15 is 0 Å². The van der Waals surface area contributed by atoms with Crippen molar-refractivity contribution in [1.82, 2.24) is 0 Å². The Balaban J connectivity index is 3.02. The van der Waals surface area contributed by atoms with Gasteiger partial charge in [-0.3, -0.25) is 4.99 Å². The number of benzene rings is 1. The number of ether oxygens (including phenoxy) is 1. The Morgan fingerprint density at radius 3 is 2.76 bits per heavy atom. The molecule has 5 heteroatoms. The van der Waals surface area contributed by atoms with Crippen molar-refractivity contribution in [2.45, 2.75) is 33.3 Å². The summed E-state index contributed by atoms with van der Waals surface area (Å²) in [6, 6.07) is 6.99. The summed E-state index contributed by atoms with van der Waals surface area (Å²) in [6.45, 7) is 3.76. The minimum Gasteiger partial charge on any atom is -0.511 e. The van der Waals surface area contributed by atoms with Crippen molar-refractivity contribution >= 4 is 17.9 Å². The van der Waals surface area contributed by atoms with Gasteiger partial charge >= 0.3 is 5.97 Å². The molecule has 0 fully saturated rings. The standard InChI is InChI=1S/C16H21NO4/c1-3-6-15(19)14(16(20)21-4-2)10-17-13-8-5-7-12(9-13)11-18/h5,7-10,18-19H,3-4,6,11H2,1-2H3/b15-14-,17-10?. The lowest BCUT2D eigenvalue weighted by Crippen LogP contribution is -2.11. The van der Waals surface area contributed by atoms with Gasteiger partial charge in [0.25, 0.3) is 0 Å². The Morgan fingerprint density at radius 2 is 2.14 bits per heavy atom. The minimum atomic E-state index is -0.592. The molecule has 1 aromatic carbocycles. The summed E-state index contributed by atoms with van der Waals surface area (Å²) in [5.74, 6) is -0.622. The smallest absolute Gasteiger partial charge is 0.343 e. The Hall–Kier alpha value is -2.14. The monoisotopic (exact) mass is 291 g/mol. The van der Waals surface area contributed by atoms with Gasteiger partial charge in [-0.25, -0.2) is 4.79 Å². The number of aliphatic hydroxyl groups is 2. The first kappa shape index (κ1) is 16.9. The number of aliphatic hydroxyl groups excluding tert-OH is 2. The van der Waals surface area contributed by atoms with Crippen LogP contribution in [0.5, 0.6) is 0 Å². The Labute approximate surface area is 124 Å². The van der Waals surface area contributed by atoms with E-state index in [0.717, 1.165) is 5.56 Å². The molecule has 0 aliphatic heterocycles. The number of carbonyl (C=O) groups is 1. The van der Waals surface area contributed by atoms with Crippen LogP contribution in [0.15, 0.2) is 40.6 Å². The Bertz CT molecular complexity index is 535. The van der Waals surface area contributed by atoms with Gasteiger partial charge in [-0.2, -0.15) is 0 Å². The van der Waals surface area contributed by atoms with E-state index < -0.39 is 5.97 Å². The lowest BCUT2D eigenvalue weighted by atomic mass is 10.1. The molecular formula is C16H21NO4. The fourth-order valence-electron chi connectivity index (χ4n) is 1.70.